The molecule has 0 atom stereocenters. The number of aromatic nitrogens is 2. The molecule has 0 amide bonds. The molecule has 1 aliphatic carbocycles. The number of esters is 1. The number of nitrogens with zero attached hydrogens (tertiary/aromatic N) is 2. The van der Waals surface area contributed by atoms with Crippen molar-refractivity contribution >= 4 is 23.4 Å². The van der Waals surface area contributed by atoms with Crippen LogP contribution in [0.15, 0.2) is 30.3 Å². The molecule has 0 radical (unpaired) electrons. The number of hydrogen-bond acceptors (Lipinski definition) is 6. The molecular formula is C19H24N4O2. The normalized spacial score (nSPS) is 14.3. The van der Waals surface area contributed by atoms with E-state index in [4.69, 9.17) is 4.74 Å². The molecule has 1 heterocycles. The first kappa shape index (κ1) is 17.2. The van der Waals surface area contributed by atoms with Gasteiger partial charge in [-0.2, -0.15) is 4.98 Å². The van der Waals surface area contributed by atoms with Crippen LogP contribution >= 0.6 is 0 Å². The van der Waals surface area contributed by atoms with Crippen molar-refractivity contribution in [3.8, 4) is 0 Å². The van der Waals surface area contributed by atoms with Crippen molar-refractivity contribution in [3.63, 3.8) is 0 Å². The van der Waals surface area contributed by atoms with E-state index in [1.807, 2.05) is 31.2 Å². The summed E-state index contributed by atoms with van der Waals surface area (Å²) in [6.07, 6.45) is 4.82. The second-order valence-electron chi connectivity index (χ2n) is 6.23. The van der Waals surface area contributed by atoms with Crippen LogP contribution in [-0.4, -0.2) is 28.6 Å². The van der Waals surface area contributed by atoms with Crippen LogP contribution in [0.4, 0.5) is 17.5 Å². The van der Waals surface area contributed by atoms with Gasteiger partial charge in [0.2, 0.25) is 5.95 Å². The van der Waals surface area contributed by atoms with Crippen molar-refractivity contribution in [2.75, 3.05) is 17.2 Å². The van der Waals surface area contributed by atoms with Crippen molar-refractivity contribution in [2.24, 2.45) is 0 Å². The number of benzene rings is 1. The topological polar surface area (TPSA) is 76.1 Å². The van der Waals surface area contributed by atoms with Crippen molar-refractivity contribution in [1.29, 1.82) is 0 Å². The number of rotatable bonds is 6. The summed E-state index contributed by atoms with van der Waals surface area (Å²) in [5.74, 6) is 0.938. The lowest BCUT2D eigenvalue weighted by molar-refractivity contribution is 0.0527. The summed E-state index contributed by atoms with van der Waals surface area (Å²) < 4.78 is 5.12. The van der Waals surface area contributed by atoms with Gasteiger partial charge in [-0.15, -0.1) is 0 Å². The zero-order valence-electron chi connectivity index (χ0n) is 14.7. The molecule has 0 unspecified atom stereocenters. The first-order valence-electron chi connectivity index (χ1n) is 8.81. The number of para-hydroxylation sites is 1. The SMILES string of the molecule is CCOC(=O)c1ccccc1Nc1cc(C)nc(NC2CCCC2)n1. The molecule has 1 saturated carbocycles. The monoisotopic (exact) mass is 340 g/mol. The Bertz CT molecular complexity index is 742. The average Bonchev–Trinajstić information content (AvgIpc) is 3.08. The van der Waals surface area contributed by atoms with E-state index >= 15 is 0 Å². The predicted molar refractivity (Wildman–Crippen MR) is 98.3 cm³/mol. The third kappa shape index (κ3) is 4.47. The number of nitrogens with one attached hydrogen (secondary N) is 2. The van der Waals surface area contributed by atoms with Crippen molar-refractivity contribution in [1.82, 2.24) is 9.97 Å². The molecule has 0 aliphatic heterocycles. The van der Waals surface area contributed by atoms with Gasteiger partial charge in [-0.3, -0.25) is 0 Å². The Hall–Kier alpha value is -2.63. The summed E-state index contributed by atoms with van der Waals surface area (Å²) in [7, 11) is 0. The van der Waals surface area contributed by atoms with Gasteiger partial charge in [0, 0.05) is 17.8 Å². The quantitative estimate of drug-likeness (QED) is 0.772. The highest BCUT2D eigenvalue weighted by Gasteiger charge is 2.17. The summed E-state index contributed by atoms with van der Waals surface area (Å²) in [6.45, 7) is 4.07. The first-order chi connectivity index (χ1) is 12.2. The molecular weight excluding hydrogens is 316 g/mol. The Morgan fingerprint density at radius 2 is 2.00 bits per heavy atom. The average molecular weight is 340 g/mol. The fourth-order valence-corrected chi connectivity index (χ4v) is 3.07. The van der Waals surface area contributed by atoms with E-state index < -0.39 is 0 Å². The highest BCUT2D eigenvalue weighted by Crippen LogP contribution is 2.24. The predicted octanol–water partition coefficient (Wildman–Crippen LogP) is 4.06. The number of ether oxygens (including phenoxy) is 1. The van der Waals surface area contributed by atoms with Gasteiger partial charge < -0.3 is 15.4 Å². The molecule has 3 rings (SSSR count). The zero-order chi connectivity index (χ0) is 17.6. The van der Waals surface area contributed by atoms with Crippen LogP contribution in [0.1, 0.15) is 48.7 Å². The lowest BCUT2D eigenvalue weighted by atomic mass is 10.2. The molecule has 2 aromatic rings. The molecule has 0 saturated heterocycles. The van der Waals surface area contributed by atoms with E-state index in [0.29, 0.717) is 35.7 Å². The van der Waals surface area contributed by atoms with Crippen molar-refractivity contribution in [2.45, 2.75) is 45.6 Å². The number of carbonyl (C=O) groups is 1. The van der Waals surface area contributed by atoms with Gasteiger partial charge in [0.15, 0.2) is 0 Å². The molecule has 1 aromatic carbocycles. The second kappa shape index (κ2) is 7.96. The summed E-state index contributed by atoms with van der Waals surface area (Å²) >= 11 is 0. The van der Waals surface area contributed by atoms with Crippen LogP contribution in [0.2, 0.25) is 0 Å². The molecule has 2 N–H and O–H groups in total. The summed E-state index contributed by atoms with van der Waals surface area (Å²) in [6, 6.07) is 9.58. The first-order valence-corrected chi connectivity index (χ1v) is 8.81. The van der Waals surface area contributed by atoms with Crippen LogP contribution in [0.5, 0.6) is 0 Å². The Labute approximate surface area is 148 Å². The highest BCUT2D eigenvalue weighted by atomic mass is 16.5. The molecule has 1 aromatic heterocycles. The molecule has 1 fully saturated rings. The van der Waals surface area contributed by atoms with Crippen LogP contribution in [-0.2, 0) is 4.74 Å². The lowest BCUT2D eigenvalue weighted by Gasteiger charge is -2.15. The maximum absolute atomic E-state index is 12.1. The van der Waals surface area contributed by atoms with Gasteiger partial charge in [0.05, 0.1) is 17.9 Å². The van der Waals surface area contributed by atoms with Crippen molar-refractivity contribution in [3.05, 3.63) is 41.6 Å². The van der Waals surface area contributed by atoms with Gasteiger partial charge in [0.25, 0.3) is 0 Å². The van der Waals surface area contributed by atoms with Gasteiger partial charge in [0.1, 0.15) is 5.82 Å². The molecule has 0 spiro atoms. The van der Waals surface area contributed by atoms with Gasteiger partial charge in [-0.05, 0) is 38.8 Å². The third-order valence-corrected chi connectivity index (χ3v) is 4.23. The van der Waals surface area contributed by atoms with Gasteiger partial charge in [-0.25, -0.2) is 9.78 Å². The van der Waals surface area contributed by atoms with Crippen LogP contribution < -0.4 is 10.6 Å². The minimum absolute atomic E-state index is 0.342. The largest absolute Gasteiger partial charge is 0.462 e. The lowest BCUT2D eigenvalue weighted by Crippen LogP contribution is -2.17. The third-order valence-electron chi connectivity index (χ3n) is 4.23. The Morgan fingerprint density at radius 1 is 1.24 bits per heavy atom. The fourth-order valence-electron chi connectivity index (χ4n) is 3.07. The minimum Gasteiger partial charge on any atom is -0.462 e. The molecule has 1 aliphatic rings. The standard InChI is InChI=1S/C19H24N4O2/c1-3-25-18(24)15-10-6-7-11-16(15)22-17-12-13(2)20-19(23-17)21-14-8-4-5-9-14/h6-7,10-12,14H,3-5,8-9H2,1-2H3,(H2,20,21,22,23). The van der Waals surface area contributed by atoms with Crippen LogP contribution in [0.3, 0.4) is 0 Å². The van der Waals surface area contributed by atoms with E-state index in [1.54, 1.807) is 13.0 Å². The second-order valence-corrected chi connectivity index (χ2v) is 6.23. The number of hydrogen-bond donors (Lipinski definition) is 2. The Morgan fingerprint density at radius 3 is 2.76 bits per heavy atom. The number of anilines is 3. The fraction of sp³-hybridized carbons (Fsp3) is 0.421. The molecule has 0 bridgehead atoms. The number of aryl methyl sites for hydroxylation is 1. The van der Waals surface area contributed by atoms with Crippen LogP contribution in [0, 0.1) is 6.92 Å². The maximum atomic E-state index is 12.1. The van der Waals surface area contributed by atoms with E-state index in [2.05, 4.69) is 20.6 Å². The molecule has 6 nitrogen and oxygen atoms in total. The smallest absolute Gasteiger partial charge is 0.340 e. The van der Waals surface area contributed by atoms with Crippen LogP contribution in [0.25, 0.3) is 0 Å². The van der Waals surface area contributed by atoms with E-state index in [9.17, 15) is 4.79 Å². The summed E-state index contributed by atoms with van der Waals surface area (Å²) in [5, 5.41) is 6.64. The minimum atomic E-state index is -0.347. The maximum Gasteiger partial charge on any atom is 0.340 e. The Balaban J connectivity index is 1.81. The molecule has 132 valence electrons. The van der Waals surface area contributed by atoms with E-state index in [1.165, 1.54) is 12.8 Å². The molecule has 6 heteroatoms. The van der Waals surface area contributed by atoms with Gasteiger partial charge in [-0.1, -0.05) is 25.0 Å². The summed E-state index contributed by atoms with van der Waals surface area (Å²) in [5.41, 5.74) is 2.03. The van der Waals surface area contributed by atoms with E-state index in [0.717, 1.165) is 18.5 Å². The Kier molecular flexibility index (Phi) is 5.48. The zero-order valence-corrected chi connectivity index (χ0v) is 14.7. The summed E-state index contributed by atoms with van der Waals surface area (Å²) in [4.78, 5) is 21.1. The number of carbonyl (C=O) groups excluding carboxylic acids is 1. The highest BCUT2D eigenvalue weighted by molar-refractivity contribution is 5.96. The van der Waals surface area contributed by atoms with Crippen molar-refractivity contribution < 1.29 is 9.53 Å². The van der Waals surface area contributed by atoms with Gasteiger partial charge >= 0.3 is 5.97 Å². The van der Waals surface area contributed by atoms with E-state index in [-0.39, 0.29) is 5.97 Å². The molecule has 25 heavy (non-hydrogen) atoms.